The molecule has 0 aliphatic rings. The number of nitrogens with zero attached hydrogens (tertiary/aromatic N) is 1. The average molecular weight is 272 g/mol. The smallest absolute Gasteiger partial charge is 0.252 e. The molecule has 0 aliphatic heterocycles. The summed E-state index contributed by atoms with van der Waals surface area (Å²) in [7, 11) is 0. The average Bonchev–Trinajstić information content (AvgIpc) is 2.81. The minimum absolute atomic E-state index is 0.456. The lowest BCUT2D eigenvalue weighted by atomic mass is 10.1. The van der Waals surface area contributed by atoms with Crippen LogP contribution in [0, 0.1) is 6.92 Å². The van der Waals surface area contributed by atoms with Crippen LogP contribution in [0.5, 0.6) is 0 Å². The summed E-state index contributed by atoms with van der Waals surface area (Å²) >= 11 is 5.41. The maximum atomic E-state index is 11.0. The van der Waals surface area contributed by atoms with Crippen LogP contribution in [0.4, 0.5) is 0 Å². The van der Waals surface area contributed by atoms with Crippen LogP contribution < -0.4 is 0 Å². The van der Waals surface area contributed by atoms with Gasteiger partial charge in [-0.2, -0.15) is 0 Å². The van der Waals surface area contributed by atoms with Crippen molar-refractivity contribution in [3.8, 4) is 11.5 Å². The zero-order valence-corrected chi connectivity index (χ0v) is 10.9. The molecule has 0 fully saturated rings. The first-order chi connectivity index (χ1) is 9.13. The van der Waals surface area contributed by atoms with Crippen molar-refractivity contribution in [3.05, 3.63) is 53.6 Å². The molecule has 1 heterocycles. The number of halogens is 1. The van der Waals surface area contributed by atoms with E-state index in [1.165, 1.54) is 0 Å². The fourth-order valence-corrected chi connectivity index (χ4v) is 2.03. The minimum Gasteiger partial charge on any atom is -0.436 e. The molecule has 0 spiro atoms. The second kappa shape index (κ2) is 4.52. The molecule has 0 radical (unpaired) electrons. The summed E-state index contributed by atoms with van der Waals surface area (Å²) in [6, 6.07) is 12.7. The monoisotopic (exact) mass is 271 g/mol. The van der Waals surface area contributed by atoms with Gasteiger partial charge in [0.25, 0.3) is 5.24 Å². The summed E-state index contributed by atoms with van der Waals surface area (Å²) in [5.41, 5.74) is 3.97. The van der Waals surface area contributed by atoms with E-state index in [1.807, 2.05) is 25.1 Å². The summed E-state index contributed by atoms with van der Waals surface area (Å²) in [6.07, 6.45) is 0. The third-order valence-corrected chi connectivity index (χ3v) is 3.12. The minimum atomic E-state index is -0.472. The Bertz CT molecular complexity index is 759. The fraction of sp³-hybridized carbons (Fsp3) is 0.0667. The summed E-state index contributed by atoms with van der Waals surface area (Å²) < 4.78 is 5.71. The van der Waals surface area contributed by atoms with Crippen molar-refractivity contribution >= 4 is 27.9 Å². The molecule has 3 nitrogen and oxygen atoms in total. The number of hydrogen-bond donors (Lipinski definition) is 0. The lowest BCUT2D eigenvalue weighted by Gasteiger charge is -1.96. The Hall–Kier alpha value is -2.13. The first-order valence-corrected chi connectivity index (χ1v) is 6.19. The number of aryl methyl sites for hydroxylation is 1. The Kier molecular flexibility index (Phi) is 2.84. The van der Waals surface area contributed by atoms with Crippen LogP contribution in [0.25, 0.3) is 22.6 Å². The van der Waals surface area contributed by atoms with Gasteiger partial charge in [-0.3, -0.25) is 4.79 Å². The maximum absolute atomic E-state index is 11.0. The van der Waals surface area contributed by atoms with E-state index in [0.29, 0.717) is 11.5 Å². The molecule has 94 valence electrons. The Morgan fingerprint density at radius 1 is 1.16 bits per heavy atom. The SMILES string of the molecule is Cc1ccc2nc(-c3ccc(C(=O)Cl)cc3)oc2c1. The number of rotatable bonds is 2. The van der Waals surface area contributed by atoms with E-state index in [1.54, 1.807) is 24.3 Å². The molecule has 2 aromatic carbocycles. The quantitative estimate of drug-likeness (QED) is 0.657. The molecular formula is C15H10ClNO2. The van der Waals surface area contributed by atoms with Crippen LogP contribution in [-0.2, 0) is 0 Å². The highest BCUT2D eigenvalue weighted by Crippen LogP contribution is 2.25. The molecule has 0 unspecified atom stereocenters. The highest BCUT2D eigenvalue weighted by atomic mass is 35.5. The number of benzene rings is 2. The van der Waals surface area contributed by atoms with Crippen molar-refractivity contribution in [2.24, 2.45) is 0 Å². The van der Waals surface area contributed by atoms with Gasteiger partial charge >= 0.3 is 0 Å². The highest BCUT2D eigenvalue weighted by Gasteiger charge is 2.09. The molecule has 0 saturated heterocycles. The van der Waals surface area contributed by atoms with Gasteiger partial charge in [-0.1, -0.05) is 6.07 Å². The van der Waals surface area contributed by atoms with Crippen LogP contribution in [0.3, 0.4) is 0 Å². The number of hydrogen-bond acceptors (Lipinski definition) is 3. The first-order valence-electron chi connectivity index (χ1n) is 5.81. The Balaban J connectivity index is 2.06. The maximum Gasteiger partial charge on any atom is 0.252 e. The second-order valence-corrected chi connectivity index (χ2v) is 4.68. The molecule has 19 heavy (non-hydrogen) atoms. The van der Waals surface area contributed by atoms with Gasteiger partial charge in [-0.05, 0) is 60.5 Å². The van der Waals surface area contributed by atoms with Crippen molar-refractivity contribution in [3.63, 3.8) is 0 Å². The largest absolute Gasteiger partial charge is 0.436 e. The number of fused-ring (bicyclic) bond motifs is 1. The molecule has 4 heteroatoms. The van der Waals surface area contributed by atoms with Crippen molar-refractivity contribution in [1.82, 2.24) is 4.98 Å². The summed E-state index contributed by atoms with van der Waals surface area (Å²) in [6.45, 7) is 2.00. The van der Waals surface area contributed by atoms with E-state index in [2.05, 4.69) is 4.98 Å². The zero-order chi connectivity index (χ0) is 13.4. The van der Waals surface area contributed by atoms with Gasteiger partial charge in [0.05, 0.1) is 0 Å². The molecule has 3 rings (SSSR count). The van der Waals surface area contributed by atoms with E-state index in [0.717, 1.165) is 22.2 Å². The van der Waals surface area contributed by atoms with Crippen molar-refractivity contribution < 1.29 is 9.21 Å². The van der Waals surface area contributed by atoms with E-state index >= 15 is 0 Å². The topological polar surface area (TPSA) is 43.1 Å². The summed E-state index contributed by atoms with van der Waals surface area (Å²) in [5.74, 6) is 0.536. The fourth-order valence-electron chi connectivity index (χ4n) is 1.90. The van der Waals surface area contributed by atoms with E-state index in [-0.39, 0.29) is 0 Å². The normalized spacial score (nSPS) is 10.8. The number of carbonyl (C=O) groups is 1. The second-order valence-electron chi connectivity index (χ2n) is 4.34. The lowest BCUT2D eigenvalue weighted by molar-refractivity contribution is 0.108. The molecule has 1 aromatic heterocycles. The molecular weight excluding hydrogens is 262 g/mol. The predicted molar refractivity (Wildman–Crippen MR) is 74.4 cm³/mol. The third kappa shape index (κ3) is 2.25. The van der Waals surface area contributed by atoms with Crippen molar-refractivity contribution in [1.29, 1.82) is 0 Å². The molecule has 3 aromatic rings. The molecule has 0 N–H and O–H groups in total. The highest BCUT2D eigenvalue weighted by molar-refractivity contribution is 6.67. The van der Waals surface area contributed by atoms with Crippen LogP contribution in [0.1, 0.15) is 15.9 Å². The van der Waals surface area contributed by atoms with E-state index in [4.69, 9.17) is 16.0 Å². The molecule has 0 saturated carbocycles. The lowest BCUT2D eigenvalue weighted by Crippen LogP contribution is -1.87. The van der Waals surface area contributed by atoms with Gasteiger partial charge in [0.15, 0.2) is 5.58 Å². The third-order valence-electron chi connectivity index (χ3n) is 2.90. The number of aromatic nitrogens is 1. The molecule has 0 atom stereocenters. The van der Waals surface area contributed by atoms with Gasteiger partial charge in [0, 0.05) is 11.1 Å². The van der Waals surface area contributed by atoms with Crippen LogP contribution in [-0.4, -0.2) is 10.2 Å². The Labute approximate surface area is 114 Å². The zero-order valence-electron chi connectivity index (χ0n) is 10.2. The first kappa shape index (κ1) is 11.9. The molecule has 0 aliphatic carbocycles. The van der Waals surface area contributed by atoms with Crippen LogP contribution in [0.15, 0.2) is 46.9 Å². The van der Waals surface area contributed by atoms with Gasteiger partial charge < -0.3 is 4.42 Å². The molecule has 0 bridgehead atoms. The van der Waals surface area contributed by atoms with Gasteiger partial charge in [-0.15, -0.1) is 0 Å². The van der Waals surface area contributed by atoms with Gasteiger partial charge in [0.1, 0.15) is 5.52 Å². The Morgan fingerprint density at radius 2 is 1.89 bits per heavy atom. The number of carbonyl (C=O) groups excluding carboxylic acids is 1. The van der Waals surface area contributed by atoms with E-state index in [9.17, 15) is 4.79 Å². The summed E-state index contributed by atoms with van der Waals surface area (Å²) in [5, 5.41) is -0.472. The van der Waals surface area contributed by atoms with Gasteiger partial charge in [-0.25, -0.2) is 4.98 Å². The van der Waals surface area contributed by atoms with E-state index < -0.39 is 5.24 Å². The van der Waals surface area contributed by atoms with Crippen molar-refractivity contribution in [2.75, 3.05) is 0 Å². The van der Waals surface area contributed by atoms with Gasteiger partial charge in [0.2, 0.25) is 5.89 Å². The Morgan fingerprint density at radius 3 is 2.58 bits per heavy atom. The number of oxazole rings is 1. The van der Waals surface area contributed by atoms with Crippen LogP contribution >= 0.6 is 11.6 Å². The summed E-state index contributed by atoms with van der Waals surface area (Å²) in [4.78, 5) is 15.4. The standard InChI is InChI=1S/C15H10ClNO2/c1-9-2-7-12-13(8-9)19-15(17-12)11-5-3-10(4-6-11)14(16)18/h2-8H,1H3. The van der Waals surface area contributed by atoms with Crippen molar-refractivity contribution in [2.45, 2.75) is 6.92 Å². The van der Waals surface area contributed by atoms with Crippen LogP contribution in [0.2, 0.25) is 0 Å². The predicted octanol–water partition coefficient (Wildman–Crippen LogP) is 4.18. The molecule has 0 amide bonds.